The van der Waals surface area contributed by atoms with Crippen molar-refractivity contribution in [2.45, 2.75) is 20.3 Å². The van der Waals surface area contributed by atoms with Crippen molar-refractivity contribution in [3.63, 3.8) is 0 Å². The summed E-state index contributed by atoms with van der Waals surface area (Å²) in [6, 6.07) is 14.4. The summed E-state index contributed by atoms with van der Waals surface area (Å²) < 4.78 is 5.66. The maximum Gasteiger partial charge on any atom is 0.273 e. The second-order valence-electron chi connectivity index (χ2n) is 7.06. The summed E-state index contributed by atoms with van der Waals surface area (Å²) in [5, 5.41) is 0.599. The van der Waals surface area contributed by atoms with E-state index in [1.54, 1.807) is 36.4 Å². The van der Waals surface area contributed by atoms with Crippen LogP contribution in [0.4, 0.5) is 0 Å². The molecule has 4 nitrogen and oxygen atoms in total. The third-order valence-electron chi connectivity index (χ3n) is 4.38. The molecule has 0 bridgehead atoms. The fourth-order valence-electron chi connectivity index (χ4n) is 2.87. The molecule has 0 N–H and O–H groups in total. The van der Waals surface area contributed by atoms with E-state index in [1.807, 2.05) is 12.1 Å². The fourth-order valence-corrected chi connectivity index (χ4v) is 3.29. The highest BCUT2D eigenvalue weighted by atomic mass is 35.5. The van der Waals surface area contributed by atoms with Crippen LogP contribution in [0.25, 0.3) is 5.57 Å². The largest absolute Gasteiger partial charge is 0.493 e. The fraction of sp³-hybridized carbons (Fsp3) is 0.273. The zero-order valence-electron chi connectivity index (χ0n) is 15.7. The van der Waals surface area contributed by atoms with Crippen LogP contribution >= 0.6 is 23.2 Å². The van der Waals surface area contributed by atoms with Crippen molar-refractivity contribution in [3.05, 3.63) is 69.7 Å². The van der Waals surface area contributed by atoms with E-state index in [4.69, 9.17) is 27.9 Å². The molecule has 0 spiro atoms. The third-order valence-corrected chi connectivity index (χ3v) is 4.98. The zero-order chi connectivity index (χ0) is 20.3. The highest BCUT2D eigenvalue weighted by Crippen LogP contribution is 2.32. The maximum atomic E-state index is 12.8. The van der Waals surface area contributed by atoms with E-state index in [9.17, 15) is 9.59 Å². The Bertz CT molecular complexity index is 902. The number of halogens is 2. The monoisotopic (exact) mass is 417 g/mol. The first-order valence-electron chi connectivity index (χ1n) is 9.10. The summed E-state index contributed by atoms with van der Waals surface area (Å²) in [5.74, 6) is 0.293. The predicted molar refractivity (Wildman–Crippen MR) is 111 cm³/mol. The molecule has 2 aromatic rings. The predicted octanol–water partition coefficient (Wildman–Crippen LogP) is 4.94. The van der Waals surface area contributed by atoms with Crippen molar-refractivity contribution in [2.75, 3.05) is 13.2 Å². The normalized spacial score (nSPS) is 14.4. The first-order chi connectivity index (χ1) is 13.4. The van der Waals surface area contributed by atoms with Crippen molar-refractivity contribution < 1.29 is 14.3 Å². The van der Waals surface area contributed by atoms with Crippen LogP contribution in [0.3, 0.4) is 0 Å². The molecule has 2 amide bonds. The van der Waals surface area contributed by atoms with Crippen molar-refractivity contribution >= 4 is 40.6 Å². The van der Waals surface area contributed by atoms with E-state index in [0.29, 0.717) is 35.3 Å². The number of imide groups is 1. The molecule has 0 unspecified atom stereocenters. The molecule has 0 aromatic heterocycles. The van der Waals surface area contributed by atoms with Gasteiger partial charge in [-0.2, -0.15) is 0 Å². The highest BCUT2D eigenvalue weighted by molar-refractivity contribution is 6.55. The molecule has 6 heteroatoms. The molecule has 1 aliphatic rings. The van der Waals surface area contributed by atoms with Crippen LogP contribution in [0.2, 0.25) is 5.02 Å². The molecule has 146 valence electrons. The topological polar surface area (TPSA) is 46.6 Å². The van der Waals surface area contributed by atoms with Crippen molar-refractivity contribution in [3.8, 4) is 5.75 Å². The van der Waals surface area contributed by atoms with Gasteiger partial charge >= 0.3 is 0 Å². The van der Waals surface area contributed by atoms with Crippen molar-refractivity contribution in [1.82, 2.24) is 4.90 Å². The number of benzene rings is 2. The van der Waals surface area contributed by atoms with Gasteiger partial charge < -0.3 is 4.74 Å². The molecule has 0 aliphatic carbocycles. The number of nitrogens with zero attached hydrogens (tertiary/aromatic N) is 1. The summed E-state index contributed by atoms with van der Waals surface area (Å²) in [6.07, 6.45) is 0.536. The molecule has 0 atom stereocenters. The van der Waals surface area contributed by atoms with Crippen LogP contribution in [-0.2, 0) is 16.0 Å². The smallest absolute Gasteiger partial charge is 0.273 e. The lowest BCUT2D eigenvalue weighted by atomic mass is 10.1. The van der Waals surface area contributed by atoms with Crippen LogP contribution in [-0.4, -0.2) is 29.9 Å². The number of amides is 2. The van der Waals surface area contributed by atoms with E-state index >= 15 is 0 Å². The van der Waals surface area contributed by atoms with Crippen LogP contribution < -0.4 is 4.74 Å². The Labute approximate surface area is 174 Å². The molecular formula is C22H21Cl2NO3. The standard InChI is InChI=1S/C22H21Cl2NO3/c1-14(2)13-28-18-9-5-16(6-10-18)19-20(24)22(27)25(21(19)26)12-11-15-3-7-17(23)8-4-15/h3-10,14H,11-13H2,1-2H3. The van der Waals surface area contributed by atoms with Gasteiger partial charge in [0.25, 0.3) is 11.8 Å². The van der Waals surface area contributed by atoms with Gasteiger partial charge in [-0.1, -0.05) is 61.3 Å². The minimum absolute atomic E-state index is 0.0445. The number of ether oxygens (including phenoxy) is 1. The van der Waals surface area contributed by atoms with Gasteiger partial charge in [-0.25, -0.2) is 0 Å². The van der Waals surface area contributed by atoms with Gasteiger partial charge in [-0.3, -0.25) is 14.5 Å². The molecule has 0 radical (unpaired) electrons. The van der Waals surface area contributed by atoms with E-state index < -0.39 is 5.91 Å². The summed E-state index contributed by atoms with van der Waals surface area (Å²) in [6.45, 7) is 5.01. The van der Waals surface area contributed by atoms with Crippen molar-refractivity contribution in [2.24, 2.45) is 5.92 Å². The summed E-state index contributed by atoms with van der Waals surface area (Å²) in [4.78, 5) is 26.5. The zero-order valence-corrected chi connectivity index (χ0v) is 17.3. The number of hydrogen-bond donors (Lipinski definition) is 0. The van der Waals surface area contributed by atoms with Crippen LogP contribution in [0, 0.1) is 5.92 Å². The van der Waals surface area contributed by atoms with Gasteiger partial charge in [0.15, 0.2) is 0 Å². The molecule has 2 aromatic carbocycles. The molecule has 3 rings (SSSR count). The van der Waals surface area contributed by atoms with Crippen LogP contribution in [0.5, 0.6) is 5.75 Å². The second kappa shape index (κ2) is 8.80. The van der Waals surface area contributed by atoms with E-state index in [1.165, 1.54) is 4.90 Å². The number of carbonyl (C=O) groups is 2. The number of rotatable bonds is 7. The molecule has 0 saturated carbocycles. The van der Waals surface area contributed by atoms with Crippen molar-refractivity contribution in [1.29, 1.82) is 0 Å². The molecule has 28 heavy (non-hydrogen) atoms. The van der Waals surface area contributed by atoms with Crippen LogP contribution in [0.15, 0.2) is 53.6 Å². The Kier molecular flexibility index (Phi) is 6.42. The molecule has 0 fully saturated rings. The Hall–Kier alpha value is -2.30. The quantitative estimate of drug-likeness (QED) is 0.599. The Morgan fingerprint density at radius 2 is 1.57 bits per heavy atom. The SMILES string of the molecule is CC(C)COc1ccc(C2=C(Cl)C(=O)N(CCc3ccc(Cl)cc3)C2=O)cc1. The Balaban J connectivity index is 1.71. The van der Waals surface area contributed by atoms with Gasteiger partial charge in [-0.15, -0.1) is 0 Å². The van der Waals surface area contributed by atoms with Gasteiger partial charge in [0.1, 0.15) is 10.8 Å². The first-order valence-corrected chi connectivity index (χ1v) is 9.86. The average Bonchev–Trinajstić information content (AvgIpc) is 2.89. The Morgan fingerprint density at radius 1 is 0.929 bits per heavy atom. The van der Waals surface area contributed by atoms with E-state index in [-0.39, 0.29) is 23.1 Å². The minimum atomic E-state index is -0.462. The maximum absolute atomic E-state index is 12.8. The summed E-state index contributed by atoms with van der Waals surface area (Å²) in [7, 11) is 0. The number of hydrogen-bond acceptors (Lipinski definition) is 3. The van der Waals surface area contributed by atoms with Gasteiger partial charge in [-0.05, 0) is 47.7 Å². The minimum Gasteiger partial charge on any atom is -0.493 e. The van der Waals surface area contributed by atoms with Gasteiger partial charge in [0.2, 0.25) is 0 Å². The number of carbonyl (C=O) groups excluding carboxylic acids is 2. The van der Waals surface area contributed by atoms with E-state index in [0.717, 1.165) is 5.56 Å². The Morgan fingerprint density at radius 3 is 2.18 bits per heavy atom. The molecule has 0 saturated heterocycles. The second-order valence-corrected chi connectivity index (χ2v) is 7.87. The lowest BCUT2D eigenvalue weighted by molar-refractivity contribution is -0.136. The van der Waals surface area contributed by atoms with Gasteiger partial charge in [0, 0.05) is 11.6 Å². The van der Waals surface area contributed by atoms with E-state index in [2.05, 4.69) is 13.8 Å². The first kappa shape index (κ1) is 20.4. The molecular weight excluding hydrogens is 397 g/mol. The summed E-state index contributed by atoms with van der Waals surface area (Å²) >= 11 is 12.1. The van der Waals surface area contributed by atoms with Gasteiger partial charge in [0.05, 0.1) is 12.2 Å². The summed E-state index contributed by atoms with van der Waals surface area (Å²) in [5.41, 5.74) is 1.83. The third kappa shape index (κ3) is 4.57. The molecule has 1 heterocycles. The lowest BCUT2D eigenvalue weighted by Gasteiger charge is -2.15. The lowest BCUT2D eigenvalue weighted by Crippen LogP contribution is -2.33. The van der Waals surface area contributed by atoms with Crippen LogP contribution in [0.1, 0.15) is 25.0 Å². The average molecular weight is 418 g/mol. The molecule has 1 aliphatic heterocycles. The highest BCUT2D eigenvalue weighted by Gasteiger charge is 2.37.